The quantitative estimate of drug-likeness (QED) is 0.659. The highest BCUT2D eigenvalue weighted by atomic mass is 16.3. The van der Waals surface area contributed by atoms with Crippen LogP contribution in [0.3, 0.4) is 0 Å². The molecule has 1 aromatic carbocycles. The molecule has 34 heavy (non-hydrogen) atoms. The number of carbonyl (C=O) groups is 1. The first-order chi connectivity index (χ1) is 16.5. The minimum Gasteiger partial charge on any atom is -0.506 e. The van der Waals surface area contributed by atoms with Crippen LogP contribution in [-0.4, -0.2) is 38.7 Å². The van der Waals surface area contributed by atoms with Gasteiger partial charge >= 0.3 is 0 Å². The number of pyridine rings is 1. The number of benzene rings is 1. The summed E-state index contributed by atoms with van der Waals surface area (Å²) in [5, 5.41) is 14.9. The second-order valence-corrected chi connectivity index (χ2v) is 11.3. The molecule has 7 rings (SSSR count). The van der Waals surface area contributed by atoms with Crippen molar-refractivity contribution in [1.82, 2.24) is 14.8 Å². The number of nitrogens with zero attached hydrogens (tertiary/aromatic N) is 2. The summed E-state index contributed by atoms with van der Waals surface area (Å²) in [4.78, 5) is 30.0. The zero-order valence-corrected chi connectivity index (χ0v) is 20.2. The van der Waals surface area contributed by atoms with Gasteiger partial charge in [0.25, 0.3) is 11.5 Å². The highest BCUT2D eigenvalue weighted by Gasteiger charge is 2.49. The van der Waals surface area contributed by atoms with Crippen molar-refractivity contribution in [3.05, 3.63) is 40.2 Å². The zero-order valence-electron chi connectivity index (χ0n) is 20.2. The first kappa shape index (κ1) is 22.1. The summed E-state index contributed by atoms with van der Waals surface area (Å²) in [5.41, 5.74) is 0.286. The number of carbonyl (C=O) groups excluding carboxylic acids is 1. The van der Waals surface area contributed by atoms with Gasteiger partial charge in [-0.25, -0.2) is 0 Å². The topological polar surface area (TPSA) is 74.6 Å². The van der Waals surface area contributed by atoms with Gasteiger partial charge in [-0.15, -0.1) is 0 Å². The van der Waals surface area contributed by atoms with Crippen molar-refractivity contribution in [2.24, 2.45) is 11.8 Å². The second kappa shape index (κ2) is 8.71. The van der Waals surface area contributed by atoms with Crippen LogP contribution in [-0.2, 0) is 0 Å². The maximum atomic E-state index is 13.8. The molecule has 6 nitrogen and oxygen atoms in total. The fourth-order valence-electron chi connectivity index (χ4n) is 7.94. The number of aromatic hydroxyl groups is 1. The predicted molar refractivity (Wildman–Crippen MR) is 133 cm³/mol. The Kier molecular flexibility index (Phi) is 5.67. The molecular formula is C28H37N3O3. The number of amides is 1. The van der Waals surface area contributed by atoms with Crippen LogP contribution in [0.5, 0.6) is 5.75 Å². The monoisotopic (exact) mass is 463 g/mol. The van der Waals surface area contributed by atoms with Crippen LogP contribution < -0.4 is 10.9 Å². The first-order valence-electron chi connectivity index (χ1n) is 13.5. The molecule has 2 N–H and O–H groups in total. The van der Waals surface area contributed by atoms with Crippen molar-refractivity contribution in [2.45, 2.75) is 102 Å². The third-order valence-electron chi connectivity index (χ3n) is 9.23. The van der Waals surface area contributed by atoms with Gasteiger partial charge in [-0.05, 0) is 75.3 Å². The lowest BCUT2D eigenvalue weighted by molar-refractivity contribution is -0.0875. The lowest BCUT2D eigenvalue weighted by atomic mass is 9.63. The van der Waals surface area contributed by atoms with E-state index in [-0.39, 0.29) is 29.1 Å². The van der Waals surface area contributed by atoms with E-state index in [9.17, 15) is 14.7 Å². The first-order valence-corrected chi connectivity index (χ1v) is 13.5. The van der Waals surface area contributed by atoms with E-state index in [1.54, 1.807) is 4.57 Å². The normalized spacial score (nSPS) is 30.0. The van der Waals surface area contributed by atoms with E-state index in [1.165, 1.54) is 38.5 Å². The molecule has 4 bridgehead atoms. The second-order valence-electron chi connectivity index (χ2n) is 11.3. The lowest BCUT2D eigenvalue weighted by Gasteiger charge is -2.58. The van der Waals surface area contributed by atoms with Crippen LogP contribution in [0.4, 0.5) is 0 Å². The van der Waals surface area contributed by atoms with Crippen molar-refractivity contribution >= 4 is 16.8 Å². The van der Waals surface area contributed by atoms with Crippen LogP contribution in [0.1, 0.15) is 94.0 Å². The van der Waals surface area contributed by atoms with E-state index in [1.807, 2.05) is 24.3 Å². The Hall–Kier alpha value is -2.34. The van der Waals surface area contributed by atoms with Crippen LogP contribution in [0.25, 0.3) is 10.9 Å². The smallest absolute Gasteiger partial charge is 0.267 e. The van der Waals surface area contributed by atoms with E-state index in [0.717, 1.165) is 49.5 Å². The molecular weight excluding hydrogens is 426 g/mol. The van der Waals surface area contributed by atoms with Gasteiger partial charge in [-0.3, -0.25) is 14.5 Å². The average molecular weight is 464 g/mol. The van der Waals surface area contributed by atoms with Gasteiger partial charge in [0.05, 0.1) is 11.7 Å². The Balaban J connectivity index is 1.35. The Labute approximate surface area is 201 Å². The van der Waals surface area contributed by atoms with E-state index in [4.69, 9.17) is 0 Å². The zero-order chi connectivity index (χ0) is 23.4. The molecule has 1 atom stereocenters. The number of piperidine rings is 2. The average Bonchev–Trinajstić information content (AvgIpc) is 2.83. The summed E-state index contributed by atoms with van der Waals surface area (Å²) in [7, 11) is 0. The van der Waals surface area contributed by atoms with Crippen molar-refractivity contribution in [1.29, 1.82) is 0 Å². The Morgan fingerprint density at radius 1 is 1.00 bits per heavy atom. The summed E-state index contributed by atoms with van der Waals surface area (Å²) in [6, 6.07) is 8.60. The minimum atomic E-state index is -0.432. The van der Waals surface area contributed by atoms with Crippen LogP contribution in [0.15, 0.2) is 29.1 Å². The maximum absolute atomic E-state index is 13.8. The molecule has 3 saturated carbocycles. The van der Waals surface area contributed by atoms with Gasteiger partial charge in [0.1, 0.15) is 11.3 Å². The Morgan fingerprint density at radius 3 is 2.29 bits per heavy atom. The number of aromatic nitrogens is 1. The number of rotatable bonds is 5. The van der Waals surface area contributed by atoms with Crippen molar-refractivity contribution < 1.29 is 9.90 Å². The molecule has 2 aromatic rings. The highest BCUT2D eigenvalue weighted by Crippen LogP contribution is 2.49. The Bertz CT molecular complexity index is 1120. The summed E-state index contributed by atoms with van der Waals surface area (Å²) < 4.78 is 1.80. The van der Waals surface area contributed by atoms with E-state index in [2.05, 4.69) is 17.1 Å². The molecule has 1 unspecified atom stereocenters. The van der Waals surface area contributed by atoms with Crippen molar-refractivity contribution in [3.8, 4) is 5.75 Å². The standard InChI is InChI=1S/C28H37N3O3/c1-2-24(30-20-13-17-12-18(15-20)16-21(30)14-17)29-27(33)25-26(32)22-10-6-7-11-23(22)31(28(25)34)19-8-4-3-5-9-19/h6-7,10-11,17-21,24,32H,2-5,8-9,12-16H2,1H3,(H,29,33). The third kappa shape index (κ3) is 3.57. The number of nitrogens with one attached hydrogen (secondary N) is 1. The fraction of sp³-hybridized carbons (Fsp3) is 0.643. The van der Waals surface area contributed by atoms with Gasteiger partial charge in [0.2, 0.25) is 0 Å². The molecule has 1 amide bonds. The fourth-order valence-corrected chi connectivity index (χ4v) is 7.94. The molecule has 182 valence electrons. The SMILES string of the molecule is CCC(NC(=O)c1c(O)c2ccccc2n(C2CCCCC2)c1=O)N1C2CC3CC(C2)CC1C3. The molecule has 1 aromatic heterocycles. The number of para-hydroxylation sites is 1. The molecule has 0 spiro atoms. The summed E-state index contributed by atoms with van der Waals surface area (Å²) in [6.45, 7) is 2.11. The molecule has 2 saturated heterocycles. The van der Waals surface area contributed by atoms with E-state index >= 15 is 0 Å². The van der Waals surface area contributed by atoms with Gasteiger partial charge in [-0.1, -0.05) is 38.3 Å². The van der Waals surface area contributed by atoms with Crippen LogP contribution in [0, 0.1) is 11.8 Å². The van der Waals surface area contributed by atoms with Crippen LogP contribution in [0.2, 0.25) is 0 Å². The molecule has 3 aliphatic carbocycles. The molecule has 2 aliphatic heterocycles. The lowest BCUT2D eigenvalue weighted by Crippen LogP contribution is -2.64. The van der Waals surface area contributed by atoms with Gasteiger partial charge in [-0.2, -0.15) is 0 Å². The van der Waals surface area contributed by atoms with Gasteiger partial charge in [0.15, 0.2) is 0 Å². The maximum Gasteiger partial charge on any atom is 0.267 e. The third-order valence-corrected chi connectivity index (χ3v) is 9.23. The minimum absolute atomic E-state index is 0.0773. The van der Waals surface area contributed by atoms with E-state index < -0.39 is 5.91 Å². The van der Waals surface area contributed by atoms with E-state index in [0.29, 0.717) is 17.5 Å². The highest BCUT2D eigenvalue weighted by molar-refractivity contribution is 6.02. The summed E-state index contributed by atoms with van der Waals surface area (Å²) in [5.74, 6) is 1.08. The summed E-state index contributed by atoms with van der Waals surface area (Å²) >= 11 is 0. The number of fused-ring (bicyclic) bond motifs is 1. The number of hydrogen-bond acceptors (Lipinski definition) is 4. The Morgan fingerprint density at radius 2 is 1.65 bits per heavy atom. The van der Waals surface area contributed by atoms with Gasteiger partial charge < -0.3 is 15.0 Å². The molecule has 5 aliphatic rings. The van der Waals surface area contributed by atoms with Gasteiger partial charge in [0, 0.05) is 23.5 Å². The van der Waals surface area contributed by atoms with Crippen molar-refractivity contribution in [3.63, 3.8) is 0 Å². The van der Waals surface area contributed by atoms with Crippen molar-refractivity contribution in [2.75, 3.05) is 0 Å². The predicted octanol–water partition coefficient (Wildman–Crippen LogP) is 4.94. The number of hydrogen-bond donors (Lipinski definition) is 2. The largest absolute Gasteiger partial charge is 0.506 e. The molecule has 5 fully saturated rings. The molecule has 3 heterocycles. The molecule has 0 radical (unpaired) electrons. The molecule has 6 heteroatoms. The van der Waals surface area contributed by atoms with Crippen LogP contribution >= 0.6 is 0 Å². The summed E-state index contributed by atoms with van der Waals surface area (Å²) in [6.07, 6.45) is 12.2.